The lowest BCUT2D eigenvalue weighted by molar-refractivity contribution is -0.276. The lowest BCUT2D eigenvalue weighted by Gasteiger charge is -2.43. The number of carbonyl (C=O) groups is 2. The Bertz CT molecular complexity index is 1640. The topological polar surface area (TPSA) is 108 Å². The van der Waals surface area contributed by atoms with Crippen molar-refractivity contribution in [1.29, 1.82) is 0 Å². The van der Waals surface area contributed by atoms with E-state index in [9.17, 15) is 14.7 Å². The van der Waals surface area contributed by atoms with Crippen molar-refractivity contribution in [2.45, 2.75) is 70.8 Å². The Labute approximate surface area is 283 Å². The van der Waals surface area contributed by atoms with Crippen LogP contribution in [-0.2, 0) is 32.2 Å². The van der Waals surface area contributed by atoms with Gasteiger partial charge in [-0.3, -0.25) is 14.5 Å². The van der Waals surface area contributed by atoms with Crippen LogP contribution < -0.4 is 5.32 Å². The van der Waals surface area contributed by atoms with Crippen LogP contribution in [0.1, 0.15) is 79.4 Å². The highest BCUT2D eigenvalue weighted by atomic mass is 16.7. The molecule has 0 aromatic heterocycles. The van der Waals surface area contributed by atoms with E-state index in [2.05, 4.69) is 73.6 Å². The number of carboxylic acids is 1. The number of likely N-dealkylation sites (N-methyl/N-ethyl adjacent to an activating group) is 1. The number of hydrogen-bond donors (Lipinski definition) is 3. The first-order valence-electron chi connectivity index (χ1n) is 16.7. The van der Waals surface area contributed by atoms with Crippen LogP contribution in [0.5, 0.6) is 0 Å². The van der Waals surface area contributed by atoms with Gasteiger partial charge in [-0.1, -0.05) is 97.9 Å². The first kappa shape index (κ1) is 35.0. The number of carbonyl (C=O) groups excluding carboxylic acids is 1. The van der Waals surface area contributed by atoms with Crippen molar-refractivity contribution >= 4 is 11.9 Å². The van der Waals surface area contributed by atoms with Gasteiger partial charge in [0.05, 0.1) is 18.8 Å². The summed E-state index contributed by atoms with van der Waals surface area (Å²) in [6, 6.07) is 34.9. The van der Waals surface area contributed by atoms with Crippen LogP contribution in [0.3, 0.4) is 0 Å². The molecule has 5 rings (SSSR count). The predicted molar refractivity (Wildman–Crippen MR) is 186 cm³/mol. The Kier molecular flexibility index (Phi) is 12.1. The molecule has 4 aromatic rings. The fourth-order valence-corrected chi connectivity index (χ4v) is 6.17. The van der Waals surface area contributed by atoms with Gasteiger partial charge >= 0.3 is 5.97 Å². The molecule has 1 amide bonds. The van der Waals surface area contributed by atoms with Crippen molar-refractivity contribution in [3.63, 3.8) is 0 Å². The number of nitrogens with one attached hydrogen (secondary N) is 1. The predicted octanol–water partition coefficient (Wildman–Crippen LogP) is 7.20. The standard InChI is InChI=1S/C40H46N2O6/c1-27-36(25-42(3)28(2)31-11-5-4-6-12-31)47-40(48-39(27)32-20-18-29(26-43)19-21-32)35-15-8-14-34(23-35)33-13-7-10-30(22-33)24-41-37(44)16-9-17-38(45)46/h4-8,10-15,18-23,27-28,36,39-40,43H,9,16-17,24-26H2,1-3H3,(H,41,44)(H,45,46). The van der Waals surface area contributed by atoms with Crippen molar-refractivity contribution in [2.75, 3.05) is 13.6 Å². The Morgan fingerprint density at radius 2 is 1.54 bits per heavy atom. The van der Waals surface area contributed by atoms with E-state index in [4.69, 9.17) is 14.6 Å². The van der Waals surface area contributed by atoms with Crippen molar-refractivity contribution in [1.82, 2.24) is 10.2 Å². The number of hydrogen-bond acceptors (Lipinski definition) is 6. The minimum atomic E-state index is -0.899. The number of aliphatic hydroxyl groups excluding tert-OH is 1. The first-order valence-corrected chi connectivity index (χ1v) is 16.7. The molecule has 5 unspecified atom stereocenters. The van der Waals surface area contributed by atoms with E-state index in [-0.39, 0.29) is 49.5 Å². The molecule has 8 nitrogen and oxygen atoms in total. The molecule has 5 atom stereocenters. The summed E-state index contributed by atoms with van der Waals surface area (Å²) in [7, 11) is 2.13. The fourth-order valence-electron chi connectivity index (χ4n) is 6.17. The number of carboxylic acid groups (broad SMARTS) is 1. The maximum absolute atomic E-state index is 12.2. The molecular formula is C40H46N2O6. The van der Waals surface area contributed by atoms with E-state index in [0.29, 0.717) is 19.5 Å². The quantitative estimate of drug-likeness (QED) is 0.132. The monoisotopic (exact) mass is 650 g/mol. The number of aliphatic hydroxyl groups is 1. The second-order valence-electron chi connectivity index (χ2n) is 12.7. The SMILES string of the molecule is CC1C(CN(C)C(C)c2ccccc2)OC(c2cccc(-c3cccc(CNC(=O)CCCC(=O)O)c3)c2)OC1c1ccc(CO)cc1. The number of benzene rings is 4. The summed E-state index contributed by atoms with van der Waals surface area (Å²) in [5, 5.41) is 21.3. The normalized spacial score (nSPS) is 19.9. The number of rotatable bonds is 14. The molecular weight excluding hydrogens is 604 g/mol. The highest BCUT2D eigenvalue weighted by Crippen LogP contribution is 2.42. The Morgan fingerprint density at radius 3 is 2.25 bits per heavy atom. The van der Waals surface area contributed by atoms with Crippen LogP contribution >= 0.6 is 0 Å². The average Bonchev–Trinajstić information content (AvgIpc) is 3.11. The van der Waals surface area contributed by atoms with Crippen molar-refractivity contribution < 1.29 is 29.3 Å². The minimum absolute atomic E-state index is 0.00889. The molecule has 1 aliphatic rings. The third-order valence-corrected chi connectivity index (χ3v) is 9.24. The summed E-state index contributed by atoms with van der Waals surface area (Å²) in [6.07, 6.45) is -0.449. The van der Waals surface area contributed by atoms with Crippen LogP contribution in [0.15, 0.2) is 103 Å². The third-order valence-electron chi connectivity index (χ3n) is 9.24. The zero-order chi connectivity index (χ0) is 34.0. The van der Waals surface area contributed by atoms with Crippen LogP contribution in [0.4, 0.5) is 0 Å². The summed E-state index contributed by atoms with van der Waals surface area (Å²) in [6.45, 7) is 5.46. The third kappa shape index (κ3) is 9.17. The number of nitrogens with zero attached hydrogens (tertiary/aromatic N) is 1. The van der Waals surface area contributed by atoms with Gasteiger partial charge in [-0.05, 0) is 65.9 Å². The van der Waals surface area contributed by atoms with Crippen LogP contribution in [0.25, 0.3) is 11.1 Å². The van der Waals surface area contributed by atoms with Crippen molar-refractivity contribution in [3.8, 4) is 11.1 Å². The summed E-state index contributed by atoms with van der Waals surface area (Å²) in [5.74, 6) is -1.00. The van der Waals surface area contributed by atoms with E-state index >= 15 is 0 Å². The van der Waals surface area contributed by atoms with Gasteiger partial charge in [0, 0.05) is 43.5 Å². The Morgan fingerprint density at radius 1 is 0.833 bits per heavy atom. The van der Waals surface area contributed by atoms with Gasteiger partial charge in [0.2, 0.25) is 5.91 Å². The highest BCUT2D eigenvalue weighted by molar-refractivity contribution is 5.76. The van der Waals surface area contributed by atoms with Gasteiger partial charge in [0.25, 0.3) is 0 Å². The van der Waals surface area contributed by atoms with Crippen LogP contribution in [-0.4, -0.2) is 46.7 Å². The summed E-state index contributed by atoms with van der Waals surface area (Å²) in [4.78, 5) is 25.3. The van der Waals surface area contributed by atoms with Gasteiger partial charge in [0.15, 0.2) is 6.29 Å². The van der Waals surface area contributed by atoms with Crippen molar-refractivity contribution in [2.24, 2.45) is 5.92 Å². The van der Waals surface area contributed by atoms with Crippen molar-refractivity contribution in [3.05, 3.63) is 131 Å². The van der Waals surface area contributed by atoms with E-state index in [1.54, 1.807) is 0 Å². The van der Waals surface area contributed by atoms with Gasteiger partial charge < -0.3 is 25.0 Å². The molecule has 1 saturated heterocycles. The Balaban J connectivity index is 1.35. The van der Waals surface area contributed by atoms with Crippen LogP contribution in [0, 0.1) is 5.92 Å². The summed E-state index contributed by atoms with van der Waals surface area (Å²) < 4.78 is 13.5. The lowest BCUT2D eigenvalue weighted by atomic mass is 9.89. The number of amides is 1. The molecule has 0 radical (unpaired) electrons. The summed E-state index contributed by atoms with van der Waals surface area (Å²) in [5.41, 5.74) is 7.02. The molecule has 1 aliphatic heterocycles. The largest absolute Gasteiger partial charge is 0.481 e. The lowest BCUT2D eigenvalue weighted by Crippen LogP contribution is -2.44. The molecule has 8 heteroatoms. The minimum Gasteiger partial charge on any atom is -0.481 e. The molecule has 4 aromatic carbocycles. The van der Waals surface area contributed by atoms with Gasteiger partial charge in [-0.25, -0.2) is 0 Å². The van der Waals surface area contributed by atoms with Crippen LogP contribution in [0.2, 0.25) is 0 Å². The summed E-state index contributed by atoms with van der Waals surface area (Å²) >= 11 is 0. The number of ether oxygens (including phenoxy) is 2. The van der Waals surface area contributed by atoms with E-state index in [0.717, 1.165) is 33.4 Å². The second-order valence-corrected chi connectivity index (χ2v) is 12.7. The maximum atomic E-state index is 12.2. The highest BCUT2D eigenvalue weighted by Gasteiger charge is 2.39. The molecule has 0 aliphatic carbocycles. The molecule has 48 heavy (non-hydrogen) atoms. The van der Waals surface area contributed by atoms with E-state index in [1.807, 2.05) is 60.7 Å². The zero-order valence-corrected chi connectivity index (χ0v) is 27.9. The molecule has 0 spiro atoms. The first-order chi connectivity index (χ1) is 23.2. The van der Waals surface area contributed by atoms with Gasteiger partial charge in [-0.2, -0.15) is 0 Å². The molecule has 1 heterocycles. The Hall–Kier alpha value is -4.34. The fraction of sp³-hybridized carbons (Fsp3) is 0.350. The molecule has 252 valence electrons. The number of aliphatic carboxylic acids is 1. The second kappa shape index (κ2) is 16.7. The maximum Gasteiger partial charge on any atom is 0.303 e. The van der Waals surface area contributed by atoms with E-state index in [1.165, 1.54) is 5.56 Å². The molecule has 1 fully saturated rings. The smallest absolute Gasteiger partial charge is 0.303 e. The van der Waals surface area contributed by atoms with E-state index < -0.39 is 12.3 Å². The molecule has 0 saturated carbocycles. The van der Waals surface area contributed by atoms with Gasteiger partial charge in [0.1, 0.15) is 0 Å². The molecule has 0 bridgehead atoms. The zero-order valence-electron chi connectivity index (χ0n) is 27.9. The average molecular weight is 651 g/mol. The van der Waals surface area contributed by atoms with Gasteiger partial charge in [-0.15, -0.1) is 0 Å². The molecule has 3 N–H and O–H groups in total.